The van der Waals surface area contributed by atoms with Crippen LogP contribution in [0.2, 0.25) is 0 Å². The van der Waals surface area contributed by atoms with Crippen LogP contribution in [-0.4, -0.2) is 14.2 Å². The van der Waals surface area contributed by atoms with Crippen LogP contribution in [0, 0.1) is 0 Å². The Labute approximate surface area is 52.7 Å². The molecular weight excluding hydrogens is 142 g/mol. The first-order valence-corrected chi connectivity index (χ1v) is 3.63. The highest BCUT2D eigenvalue weighted by atomic mass is 32.2. The molecule has 5 nitrogen and oxygen atoms in total. The molecule has 0 N–H and O–H groups in total. The van der Waals surface area contributed by atoms with Crippen LogP contribution in [0.5, 0.6) is 0 Å². The molecule has 0 amide bonds. The molecule has 6 heteroatoms. The number of nitrogens with zero attached hydrogens (tertiary/aromatic N) is 3. The first kappa shape index (κ1) is 8.00. The molecule has 0 rings (SSSR count). The monoisotopic (exact) mass is 147 g/mol. The van der Waals surface area contributed by atoms with Gasteiger partial charge in [-0.05, 0) is 5.53 Å². The van der Waals surface area contributed by atoms with Crippen molar-refractivity contribution in [1.29, 1.82) is 0 Å². The molecule has 0 aromatic carbocycles. The van der Waals surface area contributed by atoms with Crippen LogP contribution in [0.15, 0.2) is 17.2 Å². The lowest BCUT2D eigenvalue weighted by molar-refractivity contribution is 0.600. The van der Waals surface area contributed by atoms with E-state index >= 15 is 0 Å². The van der Waals surface area contributed by atoms with Crippen molar-refractivity contribution < 1.29 is 8.42 Å². The molecule has 0 radical (unpaired) electrons. The van der Waals surface area contributed by atoms with E-state index in [-0.39, 0.29) is 5.75 Å². The summed E-state index contributed by atoms with van der Waals surface area (Å²) in [4.78, 5) is 2.12. The second-order valence-electron chi connectivity index (χ2n) is 1.21. The largest absolute Gasteiger partial charge is 0.239 e. The summed E-state index contributed by atoms with van der Waals surface area (Å²) in [6.07, 6.45) is 1.16. The van der Waals surface area contributed by atoms with E-state index < -0.39 is 10.0 Å². The van der Waals surface area contributed by atoms with E-state index in [1.807, 2.05) is 0 Å². The zero-order valence-corrected chi connectivity index (χ0v) is 5.37. The smallest absolute Gasteiger partial charge is 0.221 e. The third-order valence-corrected chi connectivity index (χ3v) is 1.47. The molecule has 0 bridgehead atoms. The van der Waals surface area contributed by atoms with Gasteiger partial charge in [0.25, 0.3) is 0 Å². The molecular formula is C3H5N3O2S. The van der Waals surface area contributed by atoms with Gasteiger partial charge in [0.1, 0.15) is 0 Å². The maximum atomic E-state index is 10.3. The van der Waals surface area contributed by atoms with E-state index in [4.69, 9.17) is 5.53 Å². The quantitative estimate of drug-likeness (QED) is 0.256. The van der Waals surface area contributed by atoms with Crippen molar-refractivity contribution in [3.8, 4) is 0 Å². The van der Waals surface area contributed by atoms with Gasteiger partial charge in [-0.25, -0.2) is 8.42 Å². The van der Waals surface area contributed by atoms with E-state index in [9.17, 15) is 8.42 Å². The summed E-state index contributed by atoms with van der Waals surface area (Å²) in [6, 6.07) is 0. The summed E-state index contributed by atoms with van der Waals surface area (Å²) >= 11 is 0. The number of sulfonamides is 1. The van der Waals surface area contributed by atoms with E-state index in [1.54, 1.807) is 0 Å². The van der Waals surface area contributed by atoms with Gasteiger partial charge in [0.05, 0.1) is 5.75 Å². The Morgan fingerprint density at radius 2 is 2.33 bits per heavy atom. The maximum Gasteiger partial charge on any atom is 0.239 e. The fraction of sp³-hybridized carbons (Fsp3) is 0.333. The van der Waals surface area contributed by atoms with Gasteiger partial charge in [-0.15, -0.1) is 6.58 Å². The summed E-state index contributed by atoms with van der Waals surface area (Å²) in [5, 5.41) is 0. The first-order valence-electron chi connectivity index (χ1n) is 2.02. The van der Waals surface area contributed by atoms with Crippen LogP contribution in [0.25, 0.3) is 10.4 Å². The molecule has 0 spiro atoms. The van der Waals surface area contributed by atoms with Crippen molar-refractivity contribution in [2.24, 2.45) is 4.52 Å². The zero-order chi connectivity index (χ0) is 7.33. The van der Waals surface area contributed by atoms with Gasteiger partial charge in [0, 0.05) is 9.43 Å². The molecule has 0 aliphatic rings. The van der Waals surface area contributed by atoms with Crippen LogP contribution in [0.1, 0.15) is 0 Å². The lowest BCUT2D eigenvalue weighted by Crippen LogP contribution is -1.96. The predicted octanol–water partition coefficient (Wildman–Crippen LogP) is 0.813. The Balaban J connectivity index is 4.40. The van der Waals surface area contributed by atoms with Gasteiger partial charge in [0.15, 0.2) is 0 Å². The topological polar surface area (TPSA) is 82.9 Å². The average molecular weight is 147 g/mol. The number of hydrogen-bond donors (Lipinski definition) is 0. The third-order valence-electron chi connectivity index (χ3n) is 0.489. The van der Waals surface area contributed by atoms with Crippen LogP contribution in [0.3, 0.4) is 0 Å². The Kier molecular flexibility index (Phi) is 2.77. The predicted molar refractivity (Wildman–Crippen MR) is 33.1 cm³/mol. The summed E-state index contributed by atoms with van der Waals surface area (Å²) < 4.78 is 23.2. The van der Waals surface area contributed by atoms with E-state index in [0.717, 1.165) is 6.08 Å². The Morgan fingerprint density at radius 1 is 1.78 bits per heavy atom. The van der Waals surface area contributed by atoms with Crippen molar-refractivity contribution in [3.63, 3.8) is 0 Å². The molecule has 0 unspecified atom stereocenters. The summed E-state index contributed by atoms with van der Waals surface area (Å²) in [5.41, 5.74) is 7.67. The van der Waals surface area contributed by atoms with Gasteiger partial charge in [-0.2, -0.15) is 0 Å². The van der Waals surface area contributed by atoms with Crippen molar-refractivity contribution in [2.75, 3.05) is 5.75 Å². The van der Waals surface area contributed by atoms with Crippen molar-refractivity contribution in [1.82, 2.24) is 0 Å². The molecule has 0 aliphatic heterocycles. The van der Waals surface area contributed by atoms with Gasteiger partial charge in [-0.3, -0.25) is 0 Å². The molecule has 0 aromatic rings. The number of rotatable bonds is 3. The fourth-order valence-corrected chi connectivity index (χ4v) is 0.714. The molecule has 0 heterocycles. The maximum absolute atomic E-state index is 10.3. The highest BCUT2D eigenvalue weighted by molar-refractivity contribution is 7.90. The van der Waals surface area contributed by atoms with Crippen LogP contribution in [-0.2, 0) is 10.0 Å². The Morgan fingerprint density at radius 3 is 2.67 bits per heavy atom. The minimum Gasteiger partial charge on any atom is -0.221 e. The number of hydrogen-bond acceptors (Lipinski definition) is 2. The normalized spacial score (nSPS) is 9.78. The van der Waals surface area contributed by atoms with E-state index in [1.165, 1.54) is 0 Å². The lowest BCUT2D eigenvalue weighted by Gasteiger charge is -1.83. The van der Waals surface area contributed by atoms with Crippen molar-refractivity contribution >= 4 is 10.0 Å². The standard InChI is InChI=1S/C3H5N3O2S/c1-2-3-9(7,8)6-5-4/h2H,1,3H2. The molecule has 0 fully saturated rings. The third kappa shape index (κ3) is 3.57. The summed E-state index contributed by atoms with van der Waals surface area (Å²) in [6.45, 7) is 3.17. The van der Waals surface area contributed by atoms with Crippen LogP contribution >= 0.6 is 0 Å². The molecule has 0 aromatic heterocycles. The van der Waals surface area contributed by atoms with Crippen LogP contribution in [0.4, 0.5) is 0 Å². The molecule has 0 aliphatic carbocycles. The molecule has 50 valence electrons. The Hall–Kier alpha value is -1.00. The SMILES string of the molecule is C=CCS(=O)(=O)N=[N+]=[N-]. The second-order valence-corrected chi connectivity index (χ2v) is 2.87. The lowest BCUT2D eigenvalue weighted by atomic mass is 10.8. The molecule has 9 heavy (non-hydrogen) atoms. The number of azide groups is 1. The second kappa shape index (κ2) is 3.11. The van der Waals surface area contributed by atoms with Gasteiger partial charge >= 0.3 is 0 Å². The van der Waals surface area contributed by atoms with Gasteiger partial charge < -0.3 is 0 Å². The zero-order valence-electron chi connectivity index (χ0n) is 4.56. The molecule has 0 atom stereocenters. The molecule has 0 saturated heterocycles. The van der Waals surface area contributed by atoms with E-state index in [0.29, 0.717) is 0 Å². The summed E-state index contributed by atoms with van der Waals surface area (Å²) in [7, 11) is -3.59. The average Bonchev–Trinajstić information content (AvgIpc) is 1.64. The Bertz CT molecular complexity index is 236. The van der Waals surface area contributed by atoms with E-state index in [2.05, 4.69) is 16.0 Å². The minimum atomic E-state index is -3.59. The first-order chi connectivity index (χ1) is 4.12. The van der Waals surface area contributed by atoms with Gasteiger partial charge in [-0.1, -0.05) is 6.08 Å². The van der Waals surface area contributed by atoms with Gasteiger partial charge in [0.2, 0.25) is 10.0 Å². The summed E-state index contributed by atoms with van der Waals surface area (Å²) in [5.74, 6) is -0.308. The highest BCUT2D eigenvalue weighted by Crippen LogP contribution is 1.90. The van der Waals surface area contributed by atoms with Crippen molar-refractivity contribution in [3.05, 3.63) is 23.1 Å². The van der Waals surface area contributed by atoms with Crippen molar-refractivity contribution in [2.45, 2.75) is 0 Å². The highest BCUT2D eigenvalue weighted by Gasteiger charge is 2.01. The fourth-order valence-electron chi connectivity index (χ4n) is 0.238. The molecule has 0 saturated carbocycles. The minimum absolute atomic E-state index is 0.308. The van der Waals surface area contributed by atoms with Crippen LogP contribution < -0.4 is 0 Å².